The quantitative estimate of drug-likeness (QED) is 0.844. The number of ether oxygens (including phenoxy) is 1. The summed E-state index contributed by atoms with van der Waals surface area (Å²) in [5, 5.41) is 0. The fraction of sp³-hybridized carbons (Fsp3) is 0.533. The second kappa shape index (κ2) is 6.57. The number of esters is 1. The third kappa shape index (κ3) is 3.47. The Morgan fingerprint density at radius 1 is 1.32 bits per heavy atom. The second-order valence-corrected chi connectivity index (χ2v) is 4.93. The summed E-state index contributed by atoms with van der Waals surface area (Å²) in [6, 6.07) is 7.66. The topological polar surface area (TPSA) is 55.6 Å². The third-order valence-corrected chi connectivity index (χ3v) is 3.69. The van der Waals surface area contributed by atoms with Crippen molar-refractivity contribution in [3.63, 3.8) is 0 Å². The Bertz CT molecular complexity index is 409. The van der Waals surface area contributed by atoms with Gasteiger partial charge in [0.2, 0.25) is 0 Å². The highest BCUT2D eigenvalue weighted by Gasteiger charge is 2.18. The maximum Gasteiger partial charge on any atom is 0.338 e. The molecule has 2 N–H and O–H groups in total. The van der Waals surface area contributed by atoms with Gasteiger partial charge in [-0.15, -0.1) is 0 Å². The number of nitrogens with two attached hydrogens (primary N) is 1. The Morgan fingerprint density at radius 2 is 1.95 bits per heavy atom. The van der Waals surface area contributed by atoms with Gasteiger partial charge in [-0.2, -0.15) is 0 Å². The van der Waals surface area contributed by atoms with Gasteiger partial charge in [-0.05, 0) is 56.5 Å². The lowest BCUT2D eigenvalue weighted by Crippen LogP contribution is -2.36. The highest BCUT2D eigenvalue weighted by atomic mass is 16.5. The molecular weight excluding hydrogens is 240 g/mol. The second-order valence-electron chi connectivity index (χ2n) is 4.93. The summed E-state index contributed by atoms with van der Waals surface area (Å²) in [6.07, 6.45) is 2.30. The SMILES string of the molecule is CCOC(=O)c1ccc(N2CCC(CN)CC2)cc1. The van der Waals surface area contributed by atoms with E-state index in [1.807, 2.05) is 31.2 Å². The molecular formula is C15H22N2O2. The largest absolute Gasteiger partial charge is 0.462 e. The molecule has 4 nitrogen and oxygen atoms in total. The number of hydrogen-bond acceptors (Lipinski definition) is 4. The summed E-state index contributed by atoms with van der Waals surface area (Å²) < 4.78 is 4.98. The molecule has 19 heavy (non-hydrogen) atoms. The van der Waals surface area contributed by atoms with Gasteiger partial charge in [0.05, 0.1) is 12.2 Å². The molecule has 1 fully saturated rings. The van der Waals surface area contributed by atoms with Crippen LogP contribution in [0.25, 0.3) is 0 Å². The molecule has 0 aromatic heterocycles. The van der Waals surface area contributed by atoms with Gasteiger partial charge in [0.25, 0.3) is 0 Å². The van der Waals surface area contributed by atoms with E-state index in [1.54, 1.807) is 0 Å². The van der Waals surface area contributed by atoms with Crippen LogP contribution >= 0.6 is 0 Å². The molecule has 2 rings (SSSR count). The van der Waals surface area contributed by atoms with E-state index in [2.05, 4.69) is 4.90 Å². The van der Waals surface area contributed by atoms with Crippen LogP contribution in [-0.4, -0.2) is 32.2 Å². The van der Waals surface area contributed by atoms with Crippen molar-refractivity contribution in [3.8, 4) is 0 Å². The van der Waals surface area contributed by atoms with Crippen LogP contribution in [0.2, 0.25) is 0 Å². The number of carbonyl (C=O) groups is 1. The van der Waals surface area contributed by atoms with Crippen molar-refractivity contribution < 1.29 is 9.53 Å². The van der Waals surface area contributed by atoms with E-state index in [9.17, 15) is 4.79 Å². The minimum absolute atomic E-state index is 0.254. The van der Waals surface area contributed by atoms with Crippen molar-refractivity contribution in [3.05, 3.63) is 29.8 Å². The van der Waals surface area contributed by atoms with Gasteiger partial charge in [-0.1, -0.05) is 0 Å². The minimum Gasteiger partial charge on any atom is -0.462 e. The first-order chi connectivity index (χ1) is 9.24. The van der Waals surface area contributed by atoms with Gasteiger partial charge in [0.15, 0.2) is 0 Å². The lowest BCUT2D eigenvalue weighted by molar-refractivity contribution is 0.0526. The first-order valence-electron chi connectivity index (χ1n) is 6.96. The molecule has 1 aliphatic heterocycles. The third-order valence-electron chi connectivity index (χ3n) is 3.69. The van der Waals surface area contributed by atoms with E-state index in [0.29, 0.717) is 18.1 Å². The van der Waals surface area contributed by atoms with E-state index in [4.69, 9.17) is 10.5 Å². The summed E-state index contributed by atoms with van der Waals surface area (Å²) in [7, 11) is 0. The van der Waals surface area contributed by atoms with Gasteiger partial charge in [-0.3, -0.25) is 0 Å². The summed E-state index contributed by atoms with van der Waals surface area (Å²) in [6.45, 7) is 5.10. The van der Waals surface area contributed by atoms with Gasteiger partial charge < -0.3 is 15.4 Å². The average molecular weight is 262 g/mol. The van der Waals surface area contributed by atoms with E-state index < -0.39 is 0 Å². The highest BCUT2D eigenvalue weighted by molar-refractivity contribution is 5.89. The molecule has 1 heterocycles. The molecule has 1 saturated heterocycles. The fourth-order valence-corrected chi connectivity index (χ4v) is 2.45. The maximum absolute atomic E-state index is 11.6. The highest BCUT2D eigenvalue weighted by Crippen LogP contribution is 2.23. The van der Waals surface area contributed by atoms with Crippen LogP contribution in [0.3, 0.4) is 0 Å². The van der Waals surface area contributed by atoms with Crippen LogP contribution in [0, 0.1) is 5.92 Å². The van der Waals surface area contributed by atoms with E-state index in [1.165, 1.54) is 5.69 Å². The summed E-state index contributed by atoms with van der Waals surface area (Å²) in [5.41, 5.74) is 7.48. The molecule has 0 aliphatic carbocycles. The Morgan fingerprint density at radius 3 is 2.47 bits per heavy atom. The molecule has 0 amide bonds. The molecule has 0 bridgehead atoms. The number of carbonyl (C=O) groups excluding carboxylic acids is 1. The van der Waals surface area contributed by atoms with Crippen LogP contribution < -0.4 is 10.6 Å². The van der Waals surface area contributed by atoms with Crippen LogP contribution in [0.4, 0.5) is 5.69 Å². The smallest absolute Gasteiger partial charge is 0.338 e. The molecule has 4 heteroatoms. The molecule has 0 atom stereocenters. The lowest BCUT2D eigenvalue weighted by Gasteiger charge is -2.33. The van der Waals surface area contributed by atoms with Crippen molar-refractivity contribution >= 4 is 11.7 Å². The van der Waals surface area contributed by atoms with Crippen LogP contribution in [0.15, 0.2) is 24.3 Å². The molecule has 1 aromatic rings. The number of anilines is 1. The van der Waals surface area contributed by atoms with Crippen molar-refractivity contribution in [1.82, 2.24) is 0 Å². The first-order valence-corrected chi connectivity index (χ1v) is 6.96. The van der Waals surface area contributed by atoms with Crippen LogP contribution in [-0.2, 0) is 4.74 Å². The minimum atomic E-state index is -0.254. The lowest BCUT2D eigenvalue weighted by atomic mass is 9.96. The Hall–Kier alpha value is -1.55. The van der Waals surface area contributed by atoms with Crippen LogP contribution in [0.5, 0.6) is 0 Å². The molecule has 104 valence electrons. The summed E-state index contributed by atoms with van der Waals surface area (Å²) in [4.78, 5) is 13.9. The Labute approximate surface area is 114 Å². The molecule has 0 spiro atoms. The standard InChI is InChI=1S/C15H22N2O2/c1-2-19-15(18)13-3-5-14(6-4-13)17-9-7-12(11-16)8-10-17/h3-6,12H,2,7-11,16H2,1H3. The fourth-order valence-electron chi connectivity index (χ4n) is 2.45. The van der Waals surface area contributed by atoms with Gasteiger partial charge in [-0.25, -0.2) is 4.79 Å². The molecule has 1 aromatic carbocycles. The predicted molar refractivity (Wildman–Crippen MR) is 76.4 cm³/mol. The Kier molecular flexibility index (Phi) is 4.80. The zero-order valence-corrected chi connectivity index (χ0v) is 11.5. The first kappa shape index (κ1) is 13.9. The summed E-state index contributed by atoms with van der Waals surface area (Å²) >= 11 is 0. The molecule has 0 unspecified atom stereocenters. The van der Waals surface area contributed by atoms with Crippen molar-refractivity contribution in [2.45, 2.75) is 19.8 Å². The van der Waals surface area contributed by atoms with Crippen LogP contribution in [0.1, 0.15) is 30.1 Å². The number of hydrogen-bond donors (Lipinski definition) is 1. The van der Waals surface area contributed by atoms with E-state index >= 15 is 0 Å². The van der Waals surface area contributed by atoms with Gasteiger partial charge >= 0.3 is 5.97 Å². The molecule has 1 aliphatic rings. The normalized spacial score (nSPS) is 16.4. The number of rotatable bonds is 4. The summed E-state index contributed by atoms with van der Waals surface area (Å²) in [5.74, 6) is 0.408. The molecule has 0 radical (unpaired) electrons. The van der Waals surface area contributed by atoms with Crippen molar-refractivity contribution in [2.24, 2.45) is 11.7 Å². The van der Waals surface area contributed by atoms with Crippen molar-refractivity contribution in [2.75, 3.05) is 31.1 Å². The Balaban J connectivity index is 1.97. The van der Waals surface area contributed by atoms with Crippen molar-refractivity contribution in [1.29, 1.82) is 0 Å². The number of benzene rings is 1. The van der Waals surface area contributed by atoms with Gasteiger partial charge in [0.1, 0.15) is 0 Å². The monoisotopic (exact) mass is 262 g/mol. The average Bonchev–Trinajstić information content (AvgIpc) is 2.48. The van der Waals surface area contributed by atoms with E-state index in [-0.39, 0.29) is 5.97 Å². The predicted octanol–water partition coefficient (Wildman–Crippen LogP) is 2.04. The zero-order valence-electron chi connectivity index (χ0n) is 11.5. The zero-order chi connectivity index (χ0) is 13.7. The molecule has 0 saturated carbocycles. The maximum atomic E-state index is 11.6. The number of nitrogens with zero attached hydrogens (tertiary/aromatic N) is 1. The van der Waals surface area contributed by atoms with E-state index in [0.717, 1.165) is 32.5 Å². The van der Waals surface area contributed by atoms with Gasteiger partial charge in [0, 0.05) is 18.8 Å². The number of piperidine rings is 1.